The van der Waals surface area contributed by atoms with Crippen LogP contribution in [0.3, 0.4) is 0 Å². The number of amides is 1. The van der Waals surface area contributed by atoms with Crippen molar-refractivity contribution < 1.29 is 32.6 Å². The third-order valence-corrected chi connectivity index (χ3v) is 8.73. The van der Waals surface area contributed by atoms with Crippen LogP contribution in [0, 0.1) is 28.4 Å². The Balaban J connectivity index is 1.82. The number of esters is 1. The SMILES string of the molecule is COC(=O)C(C)(C)C[C@@H]1N[C@@H](C(=O)NCC[C@H]2COC(C)(C)O2)[C@H](c2cccc(Cl)c2F)[C@@]1(C#N)c1ccc(Cl)cc1F. The predicted molar refractivity (Wildman–Crippen MR) is 157 cm³/mol. The fourth-order valence-corrected chi connectivity index (χ4v) is 6.53. The van der Waals surface area contributed by atoms with E-state index in [4.69, 9.17) is 37.4 Å². The number of carbonyl (C=O) groups is 2. The molecule has 0 unspecified atom stereocenters. The second-order valence-electron chi connectivity index (χ2n) is 12.0. The molecule has 0 aromatic heterocycles. The molecule has 2 aliphatic rings. The fraction of sp³-hybridized carbons (Fsp3) is 0.516. The molecule has 2 aromatic rings. The average Bonchev–Trinajstić information content (AvgIpc) is 3.45. The Hall–Kier alpha value is -2.81. The summed E-state index contributed by atoms with van der Waals surface area (Å²) in [6.45, 7) is 7.39. The molecule has 4 rings (SSSR count). The lowest BCUT2D eigenvalue weighted by atomic mass is 9.62. The van der Waals surface area contributed by atoms with Gasteiger partial charge in [-0.1, -0.05) is 41.4 Å². The van der Waals surface area contributed by atoms with E-state index in [0.717, 1.165) is 6.07 Å². The first-order chi connectivity index (χ1) is 20.2. The summed E-state index contributed by atoms with van der Waals surface area (Å²) in [6, 6.07) is 8.11. The van der Waals surface area contributed by atoms with Crippen LogP contribution >= 0.6 is 23.2 Å². The van der Waals surface area contributed by atoms with Gasteiger partial charge < -0.3 is 24.8 Å². The van der Waals surface area contributed by atoms with E-state index in [1.807, 2.05) is 0 Å². The van der Waals surface area contributed by atoms with Crippen molar-refractivity contribution in [2.45, 2.75) is 75.8 Å². The summed E-state index contributed by atoms with van der Waals surface area (Å²) in [5, 5.41) is 16.9. The average molecular weight is 639 g/mol. The Kier molecular flexibility index (Phi) is 9.74. The summed E-state index contributed by atoms with van der Waals surface area (Å²) in [7, 11) is 1.24. The number of ether oxygens (including phenoxy) is 3. The smallest absolute Gasteiger partial charge is 0.311 e. The largest absolute Gasteiger partial charge is 0.469 e. The Morgan fingerprint density at radius 3 is 2.56 bits per heavy atom. The molecule has 2 aromatic carbocycles. The predicted octanol–water partition coefficient (Wildman–Crippen LogP) is 5.40. The zero-order valence-electron chi connectivity index (χ0n) is 24.6. The second-order valence-corrected chi connectivity index (χ2v) is 12.9. The van der Waals surface area contributed by atoms with Crippen LogP contribution in [0.25, 0.3) is 0 Å². The van der Waals surface area contributed by atoms with Gasteiger partial charge in [0, 0.05) is 29.1 Å². The first-order valence-corrected chi connectivity index (χ1v) is 14.7. The van der Waals surface area contributed by atoms with Gasteiger partial charge in [-0.2, -0.15) is 5.26 Å². The third-order valence-electron chi connectivity index (χ3n) is 8.20. The monoisotopic (exact) mass is 637 g/mol. The molecule has 12 heteroatoms. The zero-order valence-corrected chi connectivity index (χ0v) is 26.1. The maximum atomic E-state index is 15.8. The minimum absolute atomic E-state index is 0.0521. The number of rotatable bonds is 9. The van der Waals surface area contributed by atoms with Gasteiger partial charge in [0.05, 0.1) is 42.4 Å². The lowest BCUT2D eigenvalue weighted by molar-refractivity contribution is -0.151. The van der Waals surface area contributed by atoms with Crippen molar-refractivity contribution in [2.75, 3.05) is 20.3 Å². The topological polar surface area (TPSA) is 110 Å². The van der Waals surface area contributed by atoms with E-state index >= 15 is 8.78 Å². The van der Waals surface area contributed by atoms with E-state index in [-0.39, 0.29) is 40.2 Å². The molecule has 2 heterocycles. The summed E-state index contributed by atoms with van der Waals surface area (Å²) in [5.41, 5.74) is -3.22. The molecule has 0 bridgehead atoms. The number of nitrogens with zero attached hydrogens (tertiary/aromatic N) is 1. The first-order valence-electron chi connectivity index (χ1n) is 13.9. The molecule has 2 aliphatic heterocycles. The number of carbonyl (C=O) groups excluding carboxylic acids is 2. The minimum atomic E-state index is -1.89. The van der Waals surface area contributed by atoms with Crippen LogP contribution in [0.15, 0.2) is 36.4 Å². The molecule has 0 spiro atoms. The van der Waals surface area contributed by atoms with E-state index in [1.165, 1.54) is 37.4 Å². The molecule has 2 fully saturated rings. The maximum Gasteiger partial charge on any atom is 0.311 e. The highest BCUT2D eigenvalue weighted by atomic mass is 35.5. The van der Waals surface area contributed by atoms with Crippen molar-refractivity contribution in [2.24, 2.45) is 5.41 Å². The van der Waals surface area contributed by atoms with E-state index in [0.29, 0.717) is 13.0 Å². The van der Waals surface area contributed by atoms with Crippen LogP contribution in [-0.4, -0.2) is 56.1 Å². The Bertz CT molecular complexity index is 1430. The molecule has 232 valence electrons. The van der Waals surface area contributed by atoms with Crippen LogP contribution in [0.2, 0.25) is 10.0 Å². The van der Waals surface area contributed by atoms with E-state index < -0.39 is 58.1 Å². The van der Waals surface area contributed by atoms with Gasteiger partial charge in [-0.25, -0.2) is 8.78 Å². The quantitative estimate of drug-likeness (QED) is 0.354. The van der Waals surface area contributed by atoms with Gasteiger partial charge >= 0.3 is 5.97 Å². The van der Waals surface area contributed by atoms with E-state index in [2.05, 4.69) is 16.7 Å². The molecule has 2 N–H and O–H groups in total. The Morgan fingerprint density at radius 1 is 1.23 bits per heavy atom. The van der Waals surface area contributed by atoms with Crippen molar-refractivity contribution >= 4 is 35.1 Å². The van der Waals surface area contributed by atoms with Crippen LogP contribution in [0.4, 0.5) is 8.78 Å². The highest BCUT2D eigenvalue weighted by Gasteiger charge is 2.62. The van der Waals surface area contributed by atoms with Gasteiger partial charge in [0.2, 0.25) is 5.91 Å². The first kappa shape index (κ1) is 33.1. The van der Waals surface area contributed by atoms with Crippen molar-refractivity contribution in [3.05, 3.63) is 69.2 Å². The number of hydrogen-bond donors (Lipinski definition) is 2. The van der Waals surface area contributed by atoms with Gasteiger partial charge in [-0.15, -0.1) is 0 Å². The molecular formula is C31H35Cl2F2N3O5. The molecule has 0 saturated carbocycles. The highest BCUT2D eigenvalue weighted by molar-refractivity contribution is 6.31. The van der Waals surface area contributed by atoms with Crippen molar-refractivity contribution in [1.29, 1.82) is 5.26 Å². The minimum Gasteiger partial charge on any atom is -0.469 e. The summed E-state index contributed by atoms with van der Waals surface area (Å²) in [6.07, 6.45) is 0.134. The molecule has 0 radical (unpaired) electrons. The Morgan fingerprint density at radius 2 is 1.95 bits per heavy atom. The van der Waals surface area contributed by atoms with Gasteiger partial charge in [0.25, 0.3) is 0 Å². The maximum absolute atomic E-state index is 15.8. The third kappa shape index (κ3) is 6.52. The molecule has 8 nitrogen and oxygen atoms in total. The van der Waals surface area contributed by atoms with Crippen LogP contribution in [0.1, 0.15) is 57.6 Å². The summed E-state index contributed by atoms with van der Waals surface area (Å²) in [5.74, 6) is -4.77. The summed E-state index contributed by atoms with van der Waals surface area (Å²) in [4.78, 5) is 26.6. The van der Waals surface area contributed by atoms with Crippen molar-refractivity contribution in [3.63, 3.8) is 0 Å². The molecule has 43 heavy (non-hydrogen) atoms. The van der Waals surface area contributed by atoms with E-state index in [9.17, 15) is 14.9 Å². The van der Waals surface area contributed by atoms with Gasteiger partial charge in [-0.05, 0) is 64.3 Å². The summed E-state index contributed by atoms with van der Waals surface area (Å²) >= 11 is 12.2. The number of hydrogen-bond acceptors (Lipinski definition) is 7. The lowest BCUT2D eigenvalue weighted by Gasteiger charge is -2.37. The molecule has 2 saturated heterocycles. The van der Waals surface area contributed by atoms with Crippen LogP contribution in [0.5, 0.6) is 0 Å². The normalized spacial score (nSPS) is 26.6. The standard InChI is InChI=1S/C31H35Cl2F2N3O5/c1-29(2,28(40)41-5)14-23-31(16-36,20-10-9-17(32)13-22(20)34)24(19-7-6-8-21(33)25(19)35)26(38-23)27(39)37-12-11-18-15-42-30(3,4)43-18/h6-10,13,18,23-24,26,38H,11-12,14-15H2,1-5H3,(H,37,39)/t18-,23-,24-,26+,31-/m0/s1. The zero-order chi connectivity index (χ0) is 31.7. The van der Waals surface area contributed by atoms with Crippen molar-refractivity contribution in [3.8, 4) is 6.07 Å². The second kappa shape index (κ2) is 12.7. The number of methoxy groups -OCH3 is 1. The molecule has 5 atom stereocenters. The van der Waals surface area contributed by atoms with E-state index in [1.54, 1.807) is 27.7 Å². The highest BCUT2D eigenvalue weighted by Crippen LogP contribution is 2.53. The van der Waals surface area contributed by atoms with Crippen LogP contribution in [-0.2, 0) is 29.2 Å². The molecular weight excluding hydrogens is 603 g/mol. The van der Waals surface area contributed by atoms with Crippen LogP contribution < -0.4 is 10.6 Å². The lowest BCUT2D eigenvalue weighted by Crippen LogP contribution is -2.47. The number of benzene rings is 2. The van der Waals surface area contributed by atoms with Gasteiger partial charge in [0.15, 0.2) is 5.79 Å². The number of halogens is 4. The van der Waals surface area contributed by atoms with Gasteiger partial charge in [-0.3, -0.25) is 9.59 Å². The molecule has 0 aliphatic carbocycles. The molecule has 1 amide bonds. The number of nitrogens with one attached hydrogen (secondary N) is 2. The van der Waals surface area contributed by atoms with Gasteiger partial charge in [0.1, 0.15) is 17.0 Å². The number of nitriles is 1. The van der Waals surface area contributed by atoms with Crippen molar-refractivity contribution in [1.82, 2.24) is 10.6 Å². The Labute approximate surface area is 260 Å². The fourth-order valence-electron chi connectivity index (χ4n) is 6.19. The summed E-state index contributed by atoms with van der Waals surface area (Å²) < 4.78 is 48.0.